The van der Waals surface area contributed by atoms with Crippen molar-refractivity contribution in [2.24, 2.45) is 0 Å². The SMILES string of the molecule is COc1ccc2cc(CNC[C@H](c3ccc(C)o3)N3CCOCC3)ccc2c1. The molecule has 4 rings (SSSR count). The van der Waals surface area contributed by atoms with Crippen LogP contribution < -0.4 is 10.1 Å². The van der Waals surface area contributed by atoms with Crippen molar-refractivity contribution in [2.45, 2.75) is 19.5 Å². The number of nitrogens with one attached hydrogen (secondary N) is 1. The van der Waals surface area contributed by atoms with Crippen molar-refractivity contribution < 1.29 is 13.9 Å². The fraction of sp³-hybridized carbons (Fsp3) is 0.391. The molecule has 3 aromatic rings. The van der Waals surface area contributed by atoms with Crippen molar-refractivity contribution in [2.75, 3.05) is 40.0 Å². The fourth-order valence-corrected chi connectivity index (χ4v) is 3.79. The number of morpholine rings is 1. The Labute approximate surface area is 166 Å². The van der Waals surface area contributed by atoms with Gasteiger partial charge in [0.1, 0.15) is 17.3 Å². The Morgan fingerprint density at radius 2 is 1.82 bits per heavy atom. The van der Waals surface area contributed by atoms with Crippen LogP contribution in [0.25, 0.3) is 10.8 Å². The van der Waals surface area contributed by atoms with Gasteiger partial charge in [0.2, 0.25) is 0 Å². The lowest BCUT2D eigenvalue weighted by Gasteiger charge is -2.33. The van der Waals surface area contributed by atoms with Gasteiger partial charge in [-0.1, -0.05) is 18.2 Å². The number of fused-ring (bicyclic) bond motifs is 1. The van der Waals surface area contributed by atoms with Crippen LogP contribution in [0.15, 0.2) is 52.9 Å². The molecule has 1 saturated heterocycles. The topological polar surface area (TPSA) is 46.9 Å². The molecule has 0 saturated carbocycles. The molecule has 1 aliphatic rings. The van der Waals surface area contributed by atoms with Crippen LogP contribution >= 0.6 is 0 Å². The summed E-state index contributed by atoms with van der Waals surface area (Å²) in [6.07, 6.45) is 0. The van der Waals surface area contributed by atoms with Crippen LogP contribution in [0, 0.1) is 6.92 Å². The van der Waals surface area contributed by atoms with Gasteiger partial charge in [-0.2, -0.15) is 0 Å². The van der Waals surface area contributed by atoms with Gasteiger partial charge in [0, 0.05) is 26.2 Å². The molecule has 0 bridgehead atoms. The second-order valence-electron chi connectivity index (χ2n) is 7.29. The molecule has 0 unspecified atom stereocenters. The number of rotatable bonds is 7. The normalized spacial score (nSPS) is 16.4. The molecule has 2 heterocycles. The highest BCUT2D eigenvalue weighted by Gasteiger charge is 2.24. The number of hydrogen-bond acceptors (Lipinski definition) is 5. The monoisotopic (exact) mass is 380 g/mol. The first-order valence-corrected chi connectivity index (χ1v) is 9.88. The average molecular weight is 380 g/mol. The second kappa shape index (κ2) is 8.78. The van der Waals surface area contributed by atoms with Gasteiger partial charge in [0.05, 0.1) is 26.4 Å². The number of benzene rings is 2. The van der Waals surface area contributed by atoms with Crippen molar-refractivity contribution in [3.8, 4) is 5.75 Å². The lowest BCUT2D eigenvalue weighted by molar-refractivity contribution is 0.0115. The van der Waals surface area contributed by atoms with Crippen LogP contribution in [-0.4, -0.2) is 44.9 Å². The molecule has 1 fully saturated rings. The molecule has 0 radical (unpaired) electrons. The van der Waals surface area contributed by atoms with E-state index in [1.165, 1.54) is 16.3 Å². The molecule has 28 heavy (non-hydrogen) atoms. The minimum absolute atomic E-state index is 0.224. The lowest BCUT2D eigenvalue weighted by atomic mass is 10.1. The van der Waals surface area contributed by atoms with Crippen LogP contribution in [0.1, 0.15) is 23.1 Å². The first kappa shape index (κ1) is 19.0. The van der Waals surface area contributed by atoms with Crippen LogP contribution in [-0.2, 0) is 11.3 Å². The molecular formula is C23H28N2O3. The highest BCUT2D eigenvalue weighted by Crippen LogP contribution is 2.24. The Bertz CT molecular complexity index is 915. The molecular weight excluding hydrogens is 352 g/mol. The smallest absolute Gasteiger partial charge is 0.122 e. The molecule has 2 aromatic carbocycles. The molecule has 5 nitrogen and oxygen atoms in total. The van der Waals surface area contributed by atoms with Crippen molar-refractivity contribution in [1.29, 1.82) is 0 Å². The third-order valence-electron chi connectivity index (χ3n) is 5.35. The number of hydrogen-bond donors (Lipinski definition) is 1. The summed E-state index contributed by atoms with van der Waals surface area (Å²) in [7, 11) is 1.70. The zero-order valence-electron chi connectivity index (χ0n) is 16.6. The number of aryl methyl sites for hydroxylation is 1. The Morgan fingerprint density at radius 1 is 1.04 bits per heavy atom. The Morgan fingerprint density at radius 3 is 2.57 bits per heavy atom. The zero-order chi connectivity index (χ0) is 19.3. The minimum Gasteiger partial charge on any atom is -0.497 e. The third kappa shape index (κ3) is 4.38. The number of methoxy groups -OCH3 is 1. The zero-order valence-corrected chi connectivity index (χ0v) is 16.6. The number of ether oxygens (including phenoxy) is 2. The summed E-state index contributed by atoms with van der Waals surface area (Å²) < 4.78 is 16.8. The van der Waals surface area contributed by atoms with Crippen LogP contribution in [0.4, 0.5) is 0 Å². The number of nitrogens with zero attached hydrogens (tertiary/aromatic N) is 1. The summed E-state index contributed by atoms with van der Waals surface area (Å²) in [4.78, 5) is 2.45. The maximum atomic E-state index is 5.95. The van der Waals surface area contributed by atoms with Crippen molar-refractivity contribution in [3.63, 3.8) is 0 Å². The Balaban J connectivity index is 1.43. The average Bonchev–Trinajstić information content (AvgIpc) is 3.17. The van der Waals surface area contributed by atoms with E-state index < -0.39 is 0 Å². The standard InChI is InChI=1S/C23H28N2O3/c1-17-3-8-23(28-17)22(25-9-11-27-12-10-25)16-24-15-18-4-5-20-14-21(26-2)7-6-19(20)13-18/h3-8,13-14,22,24H,9-12,15-16H2,1-2H3/t22-/m1/s1. The Hall–Kier alpha value is -2.34. The maximum absolute atomic E-state index is 5.95. The molecule has 0 spiro atoms. The first-order valence-electron chi connectivity index (χ1n) is 9.88. The van der Waals surface area contributed by atoms with E-state index in [1.807, 2.05) is 19.1 Å². The van der Waals surface area contributed by atoms with Crippen molar-refractivity contribution >= 4 is 10.8 Å². The van der Waals surface area contributed by atoms with Crippen LogP contribution in [0.3, 0.4) is 0 Å². The highest BCUT2D eigenvalue weighted by molar-refractivity contribution is 5.84. The number of furan rings is 1. The van der Waals surface area contributed by atoms with E-state index in [4.69, 9.17) is 13.9 Å². The summed E-state index contributed by atoms with van der Waals surface area (Å²) in [5.74, 6) is 2.87. The first-order chi connectivity index (χ1) is 13.7. The molecule has 1 aliphatic heterocycles. The van der Waals surface area contributed by atoms with Gasteiger partial charge in [-0.25, -0.2) is 0 Å². The van der Waals surface area contributed by atoms with Crippen LogP contribution in [0.2, 0.25) is 0 Å². The van der Waals surface area contributed by atoms with Crippen LogP contribution in [0.5, 0.6) is 5.75 Å². The second-order valence-corrected chi connectivity index (χ2v) is 7.29. The maximum Gasteiger partial charge on any atom is 0.122 e. The van der Waals surface area contributed by atoms with Gasteiger partial charge >= 0.3 is 0 Å². The largest absolute Gasteiger partial charge is 0.497 e. The van der Waals surface area contributed by atoms with Gasteiger partial charge in [0.15, 0.2) is 0 Å². The van der Waals surface area contributed by atoms with E-state index in [9.17, 15) is 0 Å². The van der Waals surface area contributed by atoms with E-state index in [1.54, 1.807) is 7.11 Å². The van der Waals surface area contributed by atoms with Gasteiger partial charge in [-0.05, 0) is 53.6 Å². The van der Waals surface area contributed by atoms with Gasteiger partial charge < -0.3 is 19.2 Å². The van der Waals surface area contributed by atoms with Gasteiger partial charge in [-0.3, -0.25) is 4.90 Å². The minimum atomic E-state index is 0.224. The van der Waals surface area contributed by atoms with Crippen molar-refractivity contribution in [3.05, 3.63) is 65.6 Å². The molecule has 5 heteroatoms. The fourth-order valence-electron chi connectivity index (χ4n) is 3.79. The summed E-state index contributed by atoms with van der Waals surface area (Å²) in [5, 5.41) is 6.05. The summed E-state index contributed by atoms with van der Waals surface area (Å²) in [5.41, 5.74) is 1.27. The predicted octanol–water partition coefficient (Wildman–Crippen LogP) is 3.91. The quantitative estimate of drug-likeness (QED) is 0.673. The predicted molar refractivity (Wildman–Crippen MR) is 111 cm³/mol. The third-order valence-corrected chi connectivity index (χ3v) is 5.35. The molecule has 1 aromatic heterocycles. The van der Waals surface area contributed by atoms with Crippen molar-refractivity contribution in [1.82, 2.24) is 10.2 Å². The summed E-state index contributed by atoms with van der Waals surface area (Å²) in [6, 6.07) is 17.1. The molecule has 1 N–H and O–H groups in total. The van der Waals surface area contributed by atoms with E-state index in [0.717, 1.165) is 56.7 Å². The summed E-state index contributed by atoms with van der Waals surface area (Å²) in [6.45, 7) is 7.09. The van der Waals surface area contributed by atoms with Gasteiger partial charge in [0.25, 0.3) is 0 Å². The van der Waals surface area contributed by atoms with E-state index in [-0.39, 0.29) is 6.04 Å². The van der Waals surface area contributed by atoms with E-state index in [0.29, 0.717) is 0 Å². The summed E-state index contributed by atoms with van der Waals surface area (Å²) >= 11 is 0. The highest BCUT2D eigenvalue weighted by atomic mass is 16.5. The molecule has 1 atom stereocenters. The Kier molecular flexibility index (Phi) is 5.95. The van der Waals surface area contributed by atoms with E-state index in [2.05, 4.69) is 46.6 Å². The molecule has 0 aliphatic carbocycles. The molecule has 0 amide bonds. The van der Waals surface area contributed by atoms with E-state index >= 15 is 0 Å². The molecule has 148 valence electrons. The van der Waals surface area contributed by atoms with Gasteiger partial charge in [-0.15, -0.1) is 0 Å². The lowest BCUT2D eigenvalue weighted by Crippen LogP contribution is -2.42.